The van der Waals surface area contributed by atoms with E-state index in [9.17, 15) is 4.39 Å². The molecule has 5 nitrogen and oxygen atoms in total. The molecule has 0 unspecified atom stereocenters. The summed E-state index contributed by atoms with van der Waals surface area (Å²) in [5.74, 6) is 1.08. The van der Waals surface area contributed by atoms with E-state index < -0.39 is 0 Å². The zero-order valence-electron chi connectivity index (χ0n) is 14.1. The van der Waals surface area contributed by atoms with Crippen LogP contribution in [0.15, 0.2) is 44.7 Å². The van der Waals surface area contributed by atoms with Crippen LogP contribution >= 0.6 is 27.3 Å². The maximum Gasteiger partial charge on any atom is 0.241 e. The third kappa shape index (κ3) is 4.13. The van der Waals surface area contributed by atoms with E-state index in [1.165, 1.54) is 12.1 Å². The van der Waals surface area contributed by atoms with Crippen LogP contribution < -0.4 is 4.90 Å². The number of rotatable bonds is 4. The first-order valence-corrected chi connectivity index (χ1v) is 10.1. The minimum Gasteiger partial charge on any atom is -0.370 e. The van der Waals surface area contributed by atoms with Gasteiger partial charge in [-0.1, -0.05) is 5.16 Å². The lowest BCUT2D eigenvalue weighted by atomic mass is 10.2. The fourth-order valence-corrected chi connectivity index (χ4v) is 4.40. The molecule has 2 aromatic heterocycles. The molecule has 3 heterocycles. The lowest BCUT2D eigenvalue weighted by molar-refractivity contribution is 0.239. The number of thiophene rings is 1. The highest BCUT2D eigenvalue weighted by molar-refractivity contribution is 9.11. The number of anilines is 1. The number of hydrogen-bond donors (Lipinski definition) is 0. The summed E-state index contributed by atoms with van der Waals surface area (Å²) >= 11 is 5.04. The van der Waals surface area contributed by atoms with E-state index in [0.29, 0.717) is 18.3 Å². The maximum atomic E-state index is 13.1. The third-order valence-corrected chi connectivity index (χ3v) is 6.02. The molecule has 1 aliphatic rings. The summed E-state index contributed by atoms with van der Waals surface area (Å²) in [5, 5.41) is 4.09. The summed E-state index contributed by atoms with van der Waals surface area (Å²) < 4.78 is 19.6. The lowest BCUT2D eigenvalue weighted by Gasteiger charge is -2.23. The molecule has 1 aliphatic heterocycles. The standard InChI is InChI=1S/C18H18BrFN4OS/c19-16-7-6-15(26-16)18-21-17(25-22-18)12-23-8-1-9-24(11-10-23)14-4-2-13(20)3-5-14/h2-7H,1,8-12H2. The molecule has 0 radical (unpaired) electrons. The van der Waals surface area contributed by atoms with Gasteiger partial charge in [-0.15, -0.1) is 11.3 Å². The molecule has 26 heavy (non-hydrogen) atoms. The highest BCUT2D eigenvalue weighted by atomic mass is 79.9. The lowest BCUT2D eigenvalue weighted by Crippen LogP contribution is -2.30. The van der Waals surface area contributed by atoms with Gasteiger partial charge >= 0.3 is 0 Å². The van der Waals surface area contributed by atoms with Gasteiger partial charge in [0.2, 0.25) is 11.7 Å². The fraction of sp³-hybridized carbons (Fsp3) is 0.333. The van der Waals surface area contributed by atoms with Gasteiger partial charge in [0.25, 0.3) is 0 Å². The highest BCUT2D eigenvalue weighted by Crippen LogP contribution is 2.29. The Balaban J connectivity index is 1.37. The second kappa shape index (κ2) is 7.85. The molecule has 0 saturated carbocycles. The number of hydrogen-bond acceptors (Lipinski definition) is 6. The van der Waals surface area contributed by atoms with Gasteiger partial charge in [0.1, 0.15) is 5.82 Å². The molecule has 1 saturated heterocycles. The summed E-state index contributed by atoms with van der Waals surface area (Å²) in [6, 6.07) is 10.7. The van der Waals surface area contributed by atoms with Gasteiger partial charge < -0.3 is 9.42 Å². The fourth-order valence-electron chi connectivity index (χ4n) is 3.08. The summed E-state index contributed by atoms with van der Waals surface area (Å²) in [6.07, 6.45) is 1.04. The number of benzene rings is 1. The van der Waals surface area contributed by atoms with Crippen molar-refractivity contribution in [3.8, 4) is 10.7 Å². The Morgan fingerprint density at radius 2 is 1.92 bits per heavy atom. The highest BCUT2D eigenvalue weighted by Gasteiger charge is 2.18. The van der Waals surface area contributed by atoms with Gasteiger partial charge in [0, 0.05) is 31.9 Å². The van der Waals surface area contributed by atoms with Crippen molar-refractivity contribution in [1.82, 2.24) is 15.0 Å². The van der Waals surface area contributed by atoms with Gasteiger partial charge in [-0.2, -0.15) is 4.98 Å². The zero-order chi connectivity index (χ0) is 17.9. The molecule has 1 fully saturated rings. The first-order valence-electron chi connectivity index (χ1n) is 8.48. The van der Waals surface area contributed by atoms with Crippen molar-refractivity contribution in [2.75, 3.05) is 31.1 Å². The molecule has 1 aromatic carbocycles. The minimum absolute atomic E-state index is 0.199. The predicted octanol–water partition coefficient (Wildman–Crippen LogP) is 4.41. The Kier molecular flexibility index (Phi) is 5.33. The van der Waals surface area contributed by atoms with Crippen molar-refractivity contribution >= 4 is 33.0 Å². The van der Waals surface area contributed by atoms with Crippen LogP contribution in [-0.4, -0.2) is 41.2 Å². The van der Waals surface area contributed by atoms with Crippen LogP contribution in [0.4, 0.5) is 10.1 Å². The van der Waals surface area contributed by atoms with Gasteiger partial charge in [-0.3, -0.25) is 4.90 Å². The van der Waals surface area contributed by atoms with Gasteiger partial charge in [0.15, 0.2) is 0 Å². The van der Waals surface area contributed by atoms with E-state index in [0.717, 1.165) is 47.0 Å². The monoisotopic (exact) mass is 436 g/mol. The van der Waals surface area contributed by atoms with Crippen LogP contribution in [0.2, 0.25) is 0 Å². The second-order valence-electron chi connectivity index (χ2n) is 6.21. The van der Waals surface area contributed by atoms with Crippen molar-refractivity contribution in [3.05, 3.63) is 51.9 Å². The van der Waals surface area contributed by atoms with E-state index in [1.54, 1.807) is 11.3 Å². The average Bonchev–Trinajstić information content (AvgIpc) is 3.20. The maximum absolute atomic E-state index is 13.1. The summed E-state index contributed by atoms with van der Waals surface area (Å²) in [6.45, 7) is 4.38. The first kappa shape index (κ1) is 17.6. The SMILES string of the molecule is Fc1ccc(N2CCCN(Cc3nc(-c4ccc(Br)s4)no3)CC2)cc1. The Morgan fingerprint density at radius 1 is 1.08 bits per heavy atom. The molecule has 0 spiro atoms. The zero-order valence-corrected chi connectivity index (χ0v) is 16.5. The normalized spacial score (nSPS) is 16.0. The van der Waals surface area contributed by atoms with Crippen LogP contribution in [0.1, 0.15) is 12.3 Å². The van der Waals surface area contributed by atoms with Crippen LogP contribution in [-0.2, 0) is 6.54 Å². The van der Waals surface area contributed by atoms with Crippen molar-refractivity contribution < 1.29 is 8.91 Å². The van der Waals surface area contributed by atoms with E-state index in [-0.39, 0.29) is 5.82 Å². The van der Waals surface area contributed by atoms with E-state index >= 15 is 0 Å². The summed E-state index contributed by atoms with van der Waals surface area (Å²) in [7, 11) is 0. The molecular formula is C18H18BrFN4OS. The molecule has 4 rings (SSSR count). The molecule has 8 heteroatoms. The Morgan fingerprint density at radius 3 is 2.69 bits per heavy atom. The number of aromatic nitrogens is 2. The molecule has 0 amide bonds. The quantitative estimate of drug-likeness (QED) is 0.605. The smallest absolute Gasteiger partial charge is 0.241 e. The van der Waals surface area contributed by atoms with Crippen molar-refractivity contribution in [2.24, 2.45) is 0 Å². The first-order chi connectivity index (χ1) is 12.7. The molecule has 3 aromatic rings. The third-order valence-electron chi connectivity index (χ3n) is 4.40. The largest absolute Gasteiger partial charge is 0.370 e. The molecule has 0 N–H and O–H groups in total. The molecule has 0 atom stereocenters. The van der Waals surface area contributed by atoms with Crippen molar-refractivity contribution in [3.63, 3.8) is 0 Å². The van der Waals surface area contributed by atoms with Gasteiger partial charge in [-0.25, -0.2) is 4.39 Å². The van der Waals surface area contributed by atoms with Crippen LogP contribution in [0.25, 0.3) is 10.7 Å². The molecular weight excluding hydrogens is 419 g/mol. The predicted molar refractivity (Wildman–Crippen MR) is 104 cm³/mol. The topological polar surface area (TPSA) is 45.4 Å². The van der Waals surface area contributed by atoms with Crippen LogP contribution in [0.3, 0.4) is 0 Å². The molecule has 0 aliphatic carbocycles. The number of nitrogens with zero attached hydrogens (tertiary/aromatic N) is 4. The Bertz CT molecular complexity index is 866. The average molecular weight is 437 g/mol. The van der Waals surface area contributed by atoms with Crippen molar-refractivity contribution in [1.29, 1.82) is 0 Å². The summed E-state index contributed by atoms with van der Waals surface area (Å²) in [5.41, 5.74) is 1.07. The van der Waals surface area contributed by atoms with Gasteiger partial charge in [-0.05, 0) is 58.7 Å². The van der Waals surface area contributed by atoms with E-state index in [2.05, 4.69) is 35.9 Å². The Hall–Kier alpha value is -1.77. The summed E-state index contributed by atoms with van der Waals surface area (Å²) in [4.78, 5) is 10.1. The van der Waals surface area contributed by atoms with E-state index in [4.69, 9.17) is 4.52 Å². The molecule has 136 valence electrons. The number of halogens is 2. The second-order valence-corrected chi connectivity index (χ2v) is 8.67. The minimum atomic E-state index is -0.199. The van der Waals surface area contributed by atoms with E-state index in [1.807, 2.05) is 24.3 Å². The Labute approximate surface area is 163 Å². The van der Waals surface area contributed by atoms with Gasteiger partial charge in [0.05, 0.1) is 15.2 Å². The molecule has 0 bridgehead atoms. The van der Waals surface area contributed by atoms with Crippen LogP contribution in [0, 0.1) is 5.82 Å². The van der Waals surface area contributed by atoms with Crippen molar-refractivity contribution in [2.45, 2.75) is 13.0 Å². The van der Waals surface area contributed by atoms with Crippen LogP contribution in [0.5, 0.6) is 0 Å².